The number of carbonyl (C=O) groups excluding carboxylic acids is 1. The van der Waals surface area contributed by atoms with Gasteiger partial charge < -0.3 is 4.90 Å². The van der Waals surface area contributed by atoms with Gasteiger partial charge >= 0.3 is 0 Å². The Morgan fingerprint density at radius 2 is 1.83 bits per heavy atom. The third-order valence-electron chi connectivity index (χ3n) is 4.84. The molecule has 0 unspecified atom stereocenters. The third-order valence-corrected chi connectivity index (χ3v) is 7.02. The Morgan fingerprint density at radius 1 is 1.14 bits per heavy atom. The smallest absolute Gasteiger partial charge is 0.261 e. The lowest BCUT2D eigenvalue weighted by atomic mass is 10.1. The number of nitrogens with one attached hydrogen (secondary N) is 1. The van der Waals surface area contributed by atoms with Crippen LogP contribution in [0.3, 0.4) is 0 Å². The molecule has 3 rings (SSSR count). The minimum Gasteiger partial charge on any atom is -0.339 e. The summed E-state index contributed by atoms with van der Waals surface area (Å²) < 4.78 is 28.3. The molecule has 0 spiro atoms. The number of anilines is 1. The molecule has 0 radical (unpaired) electrons. The molecule has 0 aromatic heterocycles. The molecule has 1 aliphatic heterocycles. The Balaban J connectivity index is 1.87. The fourth-order valence-corrected chi connectivity index (χ4v) is 4.94. The molecule has 8 heteroatoms. The van der Waals surface area contributed by atoms with Crippen LogP contribution in [0.5, 0.6) is 0 Å². The van der Waals surface area contributed by atoms with Gasteiger partial charge in [0.25, 0.3) is 15.9 Å². The highest BCUT2D eigenvalue weighted by atomic mass is 32.2. The Labute approximate surface area is 176 Å². The van der Waals surface area contributed by atoms with Crippen molar-refractivity contribution in [1.29, 1.82) is 5.26 Å². The first kappa shape index (κ1) is 21.2. The molecule has 6 nitrogen and oxygen atoms in total. The summed E-state index contributed by atoms with van der Waals surface area (Å²) >= 11 is 1.43. The van der Waals surface area contributed by atoms with E-state index < -0.39 is 10.0 Å². The fourth-order valence-electron chi connectivity index (χ4n) is 3.28. The van der Waals surface area contributed by atoms with Gasteiger partial charge in [0.2, 0.25) is 0 Å². The molecule has 0 atom stereocenters. The van der Waals surface area contributed by atoms with Crippen LogP contribution in [0.15, 0.2) is 52.3 Å². The molecule has 1 amide bonds. The largest absolute Gasteiger partial charge is 0.339 e. The van der Waals surface area contributed by atoms with Gasteiger partial charge in [0.05, 0.1) is 22.9 Å². The minimum atomic E-state index is -3.85. The molecule has 152 valence electrons. The van der Waals surface area contributed by atoms with Crippen molar-refractivity contribution in [2.45, 2.75) is 35.5 Å². The second kappa shape index (κ2) is 9.33. The quantitative estimate of drug-likeness (QED) is 0.703. The topological polar surface area (TPSA) is 90.3 Å². The van der Waals surface area contributed by atoms with Crippen LogP contribution < -0.4 is 4.72 Å². The second-order valence-electron chi connectivity index (χ2n) is 6.85. The van der Waals surface area contributed by atoms with Crippen LogP contribution in [-0.2, 0) is 16.4 Å². The van der Waals surface area contributed by atoms with E-state index in [0.29, 0.717) is 24.3 Å². The molecule has 1 saturated heterocycles. The summed E-state index contributed by atoms with van der Waals surface area (Å²) in [5, 5.41) is 8.74. The zero-order valence-corrected chi connectivity index (χ0v) is 17.9. The highest BCUT2D eigenvalue weighted by Gasteiger charge is 2.24. The average molecular weight is 430 g/mol. The maximum atomic E-state index is 13.0. The molecule has 2 aromatic rings. The van der Waals surface area contributed by atoms with E-state index in [1.165, 1.54) is 23.9 Å². The Kier molecular flexibility index (Phi) is 6.83. The summed E-state index contributed by atoms with van der Waals surface area (Å²) in [6, 6.07) is 13.4. The molecule has 0 bridgehead atoms. The highest BCUT2D eigenvalue weighted by molar-refractivity contribution is 7.98. The van der Waals surface area contributed by atoms with Gasteiger partial charge in [-0.3, -0.25) is 9.52 Å². The number of carbonyl (C=O) groups is 1. The first-order valence-corrected chi connectivity index (χ1v) is 12.1. The summed E-state index contributed by atoms with van der Waals surface area (Å²) in [5.74, 6) is -0.119. The normalized spacial score (nSPS) is 14.3. The highest BCUT2D eigenvalue weighted by Crippen LogP contribution is 2.27. The zero-order chi connectivity index (χ0) is 20.9. The molecule has 29 heavy (non-hydrogen) atoms. The van der Waals surface area contributed by atoms with Gasteiger partial charge in [-0.15, -0.1) is 11.8 Å². The lowest BCUT2D eigenvalue weighted by Gasteiger charge is -2.27. The number of amides is 1. The molecule has 1 fully saturated rings. The standard InChI is InChI=1S/C21H23N3O3S2/c1-28-20-10-9-18(15-19(20)21(25)24-13-3-2-4-14-24)29(26,27)23-17-7-5-16(6-8-17)11-12-22/h5-10,15,23H,2-4,11,13-14H2,1H3. The van der Waals surface area contributed by atoms with Crippen molar-refractivity contribution in [1.82, 2.24) is 4.90 Å². The number of rotatable bonds is 6. The molecule has 1 N–H and O–H groups in total. The summed E-state index contributed by atoms with van der Waals surface area (Å²) in [6.07, 6.45) is 5.21. The van der Waals surface area contributed by atoms with Gasteiger partial charge in [-0.05, 0) is 61.4 Å². The van der Waals surface area contributed by atoms with E-state index in [2.05, 4.69) is 10.8 Å². The van der Waals surface area contributed by atoms with Crippen molar-refractivity contribution in [3.8, 4) is 6.07 Å². The van der Waals surface area contributed by atoms with Crippen molar-refractivity contribution in [2.75, 3.05) is 24.1 Å². The van der Waals surface area contributed by atoms with E-state index in [4.69, 9.17) is 5.26 Å². The van der Waals surface area contributed by atoms with Crippen molar-refractivity contribution in [2.24, 2.45) is 0 Å². The number of sulfonamides is 1. The molecule has 1 heterocycles. The lowest BCUT2D eigenvalue weighted by molar-refractivity contribution is 0.0720. The van der Waals surface area contributed by atoms with E-state index >= 15 is 0 Å². The van der Waals surface area contributed by atoms with Gasteiger partial charge in [0, 0.05) is 23.7 Å². The van der Waals surface area contributed by atoms with Gasteiger partial charge in [0.1, 0.15) is 0 Å². The van der Waals surface area contributed by atoms with Crippen LogP contribution in [0, 0.1) is 11.3 Å². The number of hydrogen-bond acceptors (Lipinski definition) is 5. The van der Waals surface area contributed by atoms with E-state index in [1.54, 1.807) is 35.2 Å². The van der Waals surface area contributed by atoms with Crippen LogP contribution in [0.2, 0.25) is 0 Å². The number of hydrogen-bond donors (Lipinski definition) is 1. The maximum Gasteiger partial charge on any atom is 0.261 e. The molecule has 0 aliphatic carbocycles. The fraction of sp³-hybridized carbons (Fsp3) is 0.333. The zero-order valence-electron chi connectivity index (χ0n) is 16.2. The lowest BCUT2D eigenvalue weighted by Crippen LogP contribution is -2.36. The van der Waals surface area contributed by atoms with Crippen molar-refractivity contribution < 1.29 is 13.2 Å². The van der Waals surface area contributed by atoms with Crippen LogP contribution in [0.4, 0.5) is 5.69 Å². The Morgan fingerprint density at radius 3 is 2.45 bits per heavy atom. The van der Waals surface area contributed by atoms with Crippen molar-refractivity contribution >= 4 is 33.4 Å². The molecule has 1 aliphatic rings. The second-order valence-corrected chi connectivity index (χ2v) is 9.38. The van der Waals surface area contributed by atoms with Gasteiger partial charge in [-0.25, -0.2) is 8.42 Å². The van der Waals surface area contributed by atoms with Gasteiger partial charge in [0.15, 0.2) is 0 Å². The average Bonchev–Trinajstić information content (AvgIpc) is 2.74. The van der Waals surface area contributed by atoms with Gasteiger partial charge in [-0.2, -0.15) is 5.26 Å². The van der Waals surface area contributed by atoms with Crippen LogP contribution in [0.25, 0.3) is 0 Å². The molecular weight excluding hydrogens is 406 g/mol. The van der Waals surface area contributed by atoms with E-state index in [9.17, 15) is 13.2 Å². The number of likely N-dealkylation sites (tertiary alicyclic amines) is 1. The summed E-state index contributed by atoms with van der Waals surface area (Å²) in [5.41, 5.74) is 1.64. The monoisotopic (exact) mass is 429 g/mol. The Hall–Kier alpha value is -2.50. The first-order valence-electron chi connectivity index (χ1n) is 9.40. The molecule has 2 aromatic carbocycles. The number of thioether (sulfide) groups is 1. The van der Waals surface area contributed by atoms with Crippen molar-refractivity contribution in [3.63, 3.8) is 0 Å². The molecular formula is C21H23N3O3S2. The van der Waals surface area contributed by atoms with Crippen molar-refractivity contribution in [3.05, 3.63) is 53.6 Å². The van der Waals surface area contributed by atoms with E-state index in [1.807, 2.05) is 6.26 Å². The third kappa shape index (κ3) is 5.11. The summed E-state index contributed by atoms with van der Waals surface area (Å²) in [6.45, 7) is 1.41. The number of nitriles is 1. The van der Waals surface area contributed by atoms with E-state index in [-0.39, 0.29) is 17.2 Å². The van der Waals surface area contributed by atoms with E-state index in [0.717, 1.165) is 29.7 Å². The number of nitrogens with zero attached hydrogens (tertiary/aromatic N) is 2. The maximum absolute atomic E-state index is 13.0. The summed E-state index contributed by atoms with van der Waals surface area (Å²) in [4.78, 5) is 15.6. The SMILES string of the molecule is CSc1ccc(S(=O)(=O)Nc2ccc(CC#N)cc2)cc1C(=O)N1CCCCC1. The minimum absolute atomic E-state index is 0.0526. The predicted molar refractivity (Wildman–Crippen MR) is 115 cm³/mol. The Bertz CT molecular complexity index is 1020. The van der Waals surface area contributed by atoms with Crippen LogP contribution >= 0.6 is 11.8 Å². The summed E-state index contributed by atoms with van der Waals surface area (Å²) in [7, 11) is -3.85. The molecule has 0 saturated carbocycles. The van der Waals surface area contributed by atoms with Crippen LogP contribution in [-0.4, -0.2) is 38.6 Å². The number of benzene rings is 2. The first-order chi connectivity index (χ1) is 13.9. The number of piperidine rings is 1. The van der Waals surface area contributed by atoms with Gasteiger partial charge in [-0.1, -0.05) is 12.1 Å². The predicted octanol–water partition coefficient (Wildman–Crippen LogP) is 3.90. The van der Waals surface area contributed by atoms with Crippen LogP contribution in [0.1, 0.15) is 35.2 Å².